The van der Waals surface area contributed by atoms with Crippen LogP contribution in [0.5, 0.6) is 5.75 Å². The number of hydrogen-bond donors (Lipinski definition) is 1. The first-order valence-electron chi connectivity index (χ1n) is 9.80. The van der Waals surface area contributed by atoms with Crippen molar-refractivity contribution in [2.24, 2.45) is 5.10 Å². The molecule has 3 aromatic carbocycles. The molecule has 0 saturated heterocycles. The number of non-ortho nitro benzene ring substituents is 1. The Labute approximate surface area is 210 Å². The summed E-state index contributed by atoms with van der Waals surface area (Å²) in [6, 6.07) is 15.6. The summed E-state index contributed by atoms with van der Waals surface area (Å²) < 4.78 is 33.0. The molecule has 0 aliphatic rings. The van der Waals surface area contributed by atoms with E-state index in [-0.39, 0.29) is 37.6 Å². The standard InChI is InChI=1S/C22H18Cl2N4O6S/c1-34-21-10-7-16(23)12-20(21)27(35(32,33)18-5-3-2-4-6-18)14-22(29)26-25-13-15-11-17(28(30)31)8-9-19(15)24/h2-13H,14H2,1H3,(H,26,29)/b25-13-. The summed E-state index contributed by atoms with van der Waals surface area (Å²) in [7, 11) is -2.86. The van der Waals surface area contributed by atoms with Crippen molar-refractivity contribution in [2.45, 2.75) is 4.90 Å². The van der Waals surface area contributed by atoms with Gasteiger partial charge in [0.15, 0.2) is 0 Å². The van der Waals surface area contributed by atoms with E-state index in [1.165, 1.54) is 55.6 Å². The third kappa shape index (κ3) is 6.27. The molecule has 0 aliphatic carbocycles. The number of nitro groups is 1. The monoisotopic (exact) mass is 536 g/mol. The number of halogens is 2. The third-order valence-corrected chi connectivity index (χ3v) is 6.96. The Bertz CT molecular complexity index is 1380. The number of anilines is 1. The highest BCUT2D eigenvalue weighted by molar-refractivity contribution is 7.92. The second kappa shape index (κ2) is 11.2. The zero-order valence-electron chi connectivity index (χ0n) is 18.1. The average Bonchev–Trinajstić information content (AvgIpc) is 2.84. The van der Waals surface area contributed by atoms with Gasteiger partial charge in [-0.15, -0.1) is 0 Å². The number of nitrogens with one attached hydrogen (secondary N) is 1. The van der Waals surface area contributed by atoms with Crippen LogP contribution in [0.4, 0.5) is 11.4 Å². The van der Waals surface area contributed by atoms with E-state index in [4.69, 9.17) is 27.9 Å². The van der Waals surface area contributed by atoms with Crippen molar-refractivity contribution in [1.82, 2.24) is 5.43 Å². The molecule has 182 valence electrons. The van der Waals surface area contributed by atoms with Crippen LogP contribution < -0.4 is 14.5 Å². The molecule has 1 amide bonds. The Hall–Kier alpha value is -3.67. The minimum absolute atomic E-state index is 0.0460. The Kier molecular flexibility index (Phi) is 8.28. The van der Waals surface area contributed by atoms with E-state index in [1.807, 2.05) is 0 Å². The maximum atomic E-state index is 13.4. The number of carbonyl (C=O) groups excluding carboxylic acids is 1. The second-order valence-electron chi connectivity index (χ2n) is 6.90. The van der Waals surface area contributed by atoms with Gasteiger partial charge in [0.2, 0.25) is 0 Å². The molecule has 0 heterocycles. The minimum atomic E-state index is -4.21. The van der Waals surface area contributed by atoms with Gasteiger partial charge < -0.3 is 4.74 Å². The van der Waals surface area contributed by atoms with Crippen LogP contribution in [0.15, 0.2) is 76.7 Å². The molecule has 10 nitrogen and oxygen atoms in total. The van der Waals surface area contributed by atoms with Gasteiger partial charge in [-0.05, 0) is 36.4 Å². The largest absolute Gasteiger partial charge is 0.495 e. The number of methoxy groups -OCH3 is 1. The number of sulfonamides is 1. The number of hydrazone groups is 1. The summed E-state index contributed by atoms with van der Waals surface area (Å²) in [5, 5.41) is 15.1. The zero-order chi connectivity index (χ0) is 25.6. The number of nitrogens with zero attached hydrogens (tertiary/aromatic N) is 3. The fourth-order valence-corrected chi connectivity index (χ4v) is 4.74. The maximum Gasteiger partial charge on any atom is 0.270 e. The summed E-state index contributed by atoms with van der Waals surface area (Å²) in [6.45, 7) is -0.673. The van der Waals surface area contributed by atoms with Crippen molar-refractivity contribution in [3.63, 3.8) is 0 Å². The fourth-order valence-electron chi connectivity index (χ4n) is 2.96. The average molecular weight is 537 g/mol. The van der Waals surface area contributed by atoms with Gasteiger partial charge in [-0.25, -0.2) is 13.8 Å². The molecule has 3 rings (SSSR count). The minimum Gasteiger partial charge on any atom is -0.495 e. The van der Waals surface area contributed by atoms with E-state index in [0.29, 0.717) is 0 Å². The molecule has 0 aromatic heterocycles. The smallest absolute Gasteiger partial charge is 0.270 e. The lowest BCUT2D eigenvalue weighted by atomic mass is 10.2. The first kappa shape index (κ1) is 25.9. The van der Waals surface area contributed by atoms with Crippen LogP contribution in [-0.4, -0.2) is 39.1 Å². The summed E-state index contributed by atoms with van der Waals surface area (Å²) in [5.41, 5.74) is 2.22. The zero-order valence-corrected chi connectivity index (χ0v) is 20.4. The molecular weight excluding hydrogens is 519 g/mol. The lowest BCUT2D eigenvalue weighted by molar-refractivity contribution is -0.384. The number of ether oxygens (including phenoxy) is 1. The van der Waals surface area contributed by atoms with Crippen molar-refractivity contribution in [2.75, 3.05) is 18.0 Å². The predicted molar refractivity (Wildman–Crippen MR) is 133 cm³/mol. The highest BCUT2D eigenvalue weighted by Gasteiger charge is 2.29. The Morgan fingerprint density at radius 2 is 1.86 bits per heavy atom. The van der Waals surface area contributed by atoms with Gasteiger partial charge in [-0.2, -0.15) is 5.10 Å². The highest BCUT2D eigenvalue weighted by Crippen LogP contribution is 2.34. The molecule has 35 heavy (non-hydrogen) atoms. The highest BCUT2D eigenvalue weighted by atomic mass is 35.5. The summed E-state index contributed by atoms with van der Waals surface area (Å²) >= 11 is 12.1. The summed E-state index contributed by atoms with van der Waals surface area (Å²) in [5.74, 6) is -0.627. The number of carbonyl (C=O) groups is 1. The van der Waals surface area contributed by atoms with Crippen LogP contribution in [0.1, 0.15) is 5.56 Å². The van der Waals surface area contributed by atoms with E-state index >= 15 is 0 Å². The maximum absolute atomic E-state index is 13.4. The van der Waals surface area contributed by atoms with Crippen molar-refractivity contribution >= 4 is 56.7 Å². The first-order valence-corrected chi connectivity index (χ1v) is 12.0. The van der Waals surface area contributed by atoms with Gasteiger partial charge in [-0.1, -0.05) is 41.4 Å². The van der Waals surface area contributed by atoms with Crippen LogP contribution in [-0.2, 0) is 14.8 Å². The van der Waals surface area contributed by atoms with Crippen LogP contribution >= 0.6 is 23.2 Å². The van der Waals surface area contributed by atoms with Crippen molar-refractivity contribution in [3.05, 3.63) is 92.5 Å². The van der Waals surface area contributed by atoms with Crippen molar-refractivity contribution in [3.8, 4) is 5.75 Å². The molecule has 0 spiro atoms. The lowest BCUT2D eigenvalue weighted by Crippen LogP contribution is -2.39. The molecule has 0 fully saturated rings. The van der Waals surface area contributed by atoms with Gasteiger partial charge in [0.05, 0.1) is 28.8 Å². The number of rotatable bonds is 9. The Morgan fingerprint density at radius 3 is 2.51 bits per heavy atom. The molecule has 0 radical (unpaired) electrons. The van der Waals surface area contributed by atoms with Gasteiger partial charge in [0, 0.05) is 27.7 Å². The number of hydrogen-bond acceptors (Lipinski definition) is 7. The van der Waals surface area contributed by atoms with Gasteiger partial charge in [0.1, 0.15) is 12.3 Å². The fraction of sp³-hybridized carbons (Fsp3) is 0.0909. The van der Waals surface area contributed by atoms with Gasteiger partial charge in [-0.3, -0.25) is 19.2 Å². The van der Waals surface area contributed by atoms with E-state index in [0.717, 1.165) is 10.5 Å². The summed E-state index contributed by atoms with van der Waals surface area (Å²) in [6.07, 6.45) is 1.11. The van der Waals surface area contributed by atoms with Crippen LogP contribution in [0, 0.1) is 10.1 Å². The van der Waals surface area contributed by atoms with E-state index in [9.17, 15) is 23.3 Å². The predicted octanol–water partition coefficient (Wildman–Crippen LogP) is 4.26. The normalized spacial score (nSPS) is 11.3. The molecule has 0 saturated carbocycles. The van der Waals surface area contributed by atoms with Crippen LogP contribution in [0.3, 0.4) is 0 Å². The number of amides is 1. The van der Waals surface area contributed by atoms with E-state index in [1.54, 1.807) is 18.2 Å². The summed E-state index contributed by atoms with van der Waals surface area (Å²) in [4.78, 5) is 23.0. The third-order valence-electron chi connectivity index (χ3n) is 4.61. The molecule has 0 atom stereocenters. The lowest BCUT2D eigenvalue weighted by Gasteiger charge is -2.25. The molecule has 0 unspecified atom stereocenters. The van der Waals surface area contributed by atoms with Gasteiger partial charge >= 0.3 is 0 Å². The Morgan fingerprint density at radius 1 is 1.14 bits per heavy atom. The SMILES string of the molecule is COc1ccc(Cl)cc1N(CC(=O)N/N=C\c1cc([N+](=O)[O-])ccc1Cl)S(=O)(=O)c1ccccc1. The van der Waals surface area contributed by atoms with Crippen molar-refractivity contribution < 1.29 is 22.9 Å². The van der Waals surface area contributed by atoms with E-state index < -0.39 is 27.4 Å². The number of benzene rings is 3. The van der Waals surface area contributed by atoms with Crippen LogP contribution in [0.2, 0.25) is 10.0 Å². The molecule has 0 aliphatic heterocycles. The molecular formula is C22H18Cl2N4O6S. The molecule has 3 aromatic rings. The molecule has 0 bridgehead atoms. The second-order valence-corrected chi connectivity index (χ2v) is 9.60. The van der Waals surface area contributed by atoms with E-state index in [2.05, 4.69) is 10.5 Å². The van der Waals surface area contributed by atoms with Gasteiger partial charge in [0.25, 0.3) is 21.6 Å². The molecule has 13 heteroatoms. The van der Waals surface area contributed by atoms with Crippen molar-refractivity contribution in [1.29, 1.82) is 0 Å². The van der Waals surface area contributed by atoms with Crippen LogP contribution in [0.25, 0.3) is 0 Å². The first-order chi connectivity index (χ1) is 16.6. The number of nitro benzene ring substituents is 1. The quantitative estimate of drug-likeness (QED) is 0.247. The Balaban J connectivity index is 1.91. The molecule has 1 N–H and O–H groups in total. The topological polar surface area (TPSA) is 131 Å².